The van der Waals surface area contributed by atoms with Gasteiger partial charge in [0.15, 0.2) is 0 Å². The topological polar surface area (TPSA) is 57.8 Å². The van der Waals surface area contributed by atoms with E-state index in [0.29, 0.717) is 5.56 Å². The highest BCUT2D eigenvalue weighted by Gasteiger charge is 2.20. The summed E-state index contributed by atoms with van der Waals surface area (Å²) in [5, 5.41) is 5.22. The molecule has 4 rings (SSSR count). The van der Waals surface area contributed by atoms with Crippen LogP contribution in [0.15, 0.2) is 66.7 Å². The molecule has 0 saturated heterocycles. The fourth-order valence-electron chi connectivity index (χ4n) is 3.31. The number of thioether (sulfide) groups is 1. The highest BCUT2D eigenvalue weighted by molar-refractivity contribution is 7.98. The van der Waals surface area contributed by atoms with Gasteiger partial charge >= 0.3 is 0 Å². The molecule has 0 aliphatic rings. The van der Waals surface area contributed by atoms with Crippen LogP contribution in [-0.4, -0.2) is 27.9 Å². The van der Waals surface area contributed by atoms with Crippen molar-refractivity contribution in [3.05, 3.63) is 78.1 Å². The minimum Gasteiger partial charge on any atom is -0.342 e. The minimum absolute atomic E-state index is 0.0710. The third-order valence-electron chi connectivity index (χ3n) is 4.69. The number of imidazole rings is 1. The van der Waals surface area contributed by atoms with Gasteiger partial charge in [-0.1, -0.05) is 48.5 Å². The standard InChI is InChI=1S/C22H21N3OS/c1-27-14-13-20(21-23-18-11-4-5-12-19(18)24-21)25-22(26)17-10-6-8-15-7-2-3-9-16(15)17/h2-12,20H,13-14H2,1H3,(H,23,24)(H,25,26). The molecule has 4 aromatic rings. The number of carbonyl (C=O) groups excluding carboxylic acids is 1. The molecule has 1 unspecified atom stereocenters. The van der Waals surface area contributed by atoms with E-state index in [9.17, 15) is 4.79 Å². The first-order valence-corrected chi connectivity index (χ1v) is 10.4. The van der Waals surface area contributed by atoms with Gasteiger partial charge in [0.1, 0.15) is 5.82 Å². The van der Waals surface area contributed by atoms with Crippen LogP contribution >= 0.6 is 11.8 Å². The molecule has 1 aromatic heterocycles. The molecule has 2 N–H and O–H groups in total. The largest absolute Gasteiger partial charge is 0.342 e. The van der Waals surface area contributed by atoms with E-state index in [4.69, 9.17) is 4.98 Å². The highest BCUT2D eigenvalue weighted by Crippen LogP contribution is 2.23. The molecule has 3 aromatic carbocycles. The predicted octanol–water partition coefficient (Wildman–Crippen LogP) is 4.94. The summed E-state index contributed by atoms with van der Waals surface area (Å²) in [7, 11) is 0. The van der Waals surface area contributed by atoms with Gasteiger partial charge in [0.2, 0.25) is 0 Å². The number of amides is 1. The zero-order chi connectivity index (χ0) is 18.6. The van der Waals surface area contributed by atoms with Crippen molar-refractivity contribution in [2.24, 2.45) is 0 Å². The Bertz CT molecular complexity index is 1050. The number of para-hydroxylation sites is 2. The molecule has 0 fully saturated rings. The summed E-state index contributed by atoms with van der Waals surface area (Å²) in [4.78, 5) is 21.1. The fraction of sp³-hybridized carbons (Fsp3) is 0.182. The quantitative estimate of drug-likeness (QED) is 0.502. The maximum atomic E-state index is 13.1. The number of hydrogen-bond acceptors (Lipinski definition) is 3. The first-order valence-electron chi connectivity index (χ1n) is 8.98. The van der Waals surface area contributed by atoms with E-state index in [2.05, 4.69) is 16.6 Å². The highest BCUT2D eigenvalue weighted by atomic mass is 32.2. The van der Waals surface area contributed by atoms with E-state index in [1.54, 1.807) is 11.8 Å². The Hall–Kier alpha value is -2.79. The van der Waals surface area contributed by atoms with E-state index in [-0.39, 0.29) is 11.9 Å². The second kappa shape index (κ2) is 7.84. The van der Waals surface area contributed by atoms with Gasteiger partial charge in [-0.3, -0.25) is 4.79 Å². The van der Waals surface area contributed by atoms with Crippen molar-refractivity contribution in [2.45, 2.75) is 12.5 Å². The van der Waals surface area contributed by atoms with Crippen molar-refractivity contribution in [1.29, 1.82) is 0 Å². The number of aromatic amines is 1. The van der Waals surface area contributed by atoms with Gasteiger partial charge in [-0.15, -0.1) is 0 Å². The SMILES string of the molecule is CSCCC(NC(=O)c1cccc2ccccc12)c1nc2ccccc2[nH]1. The third-order valence-corrected chi connectivity index (χ3v) is 5.33. The van der Waals surface area contributed by atoms with Crippen molar-refractivity contribution in [3.63, 3.8) is 0 Å². The Labute approximate surface area is 162 Å². The average Bonchev–Trinajstić information content (AvgIpc) is 3.14. The van der Waals surface area contributed by atoms with Crippen molar-refractivity contribution in [3.8, 4) is 0 Å². The molecule has 27 heavy (non-hydrogen) atoms. The summed E-state index contributed by atoms with van der Waals surface area (Å²) in [6.45, 7) is 0. The second-order valence-electron chi connectivity index (χ2n) is 6.47. The molecule has 4 nitrogen and oxygen atoms in total. The summed E-state index contributed by atoms with van der Waals surface area (Å²) in [6, 6.07) is 21.6. The molecule has 5 heteroatoms. The van der Waals surface area contributed by atoms with Gasteiger partial charge in [-0.2, -0.15) is 11.8 Å². The number of rotatable bonds is 6. The van der Waals surface area contributed by atoms with Crippen molar-refractivity contribution in [1.82, 2.24) is 15.3 Å². The average molecular weight is 375 g/mol. The van der Waals surface area contributed by atoms with E-state index in [1.165, 1.54) is 0 Å². The number of H-pyrrole nitrogens is 1. The number of aromatic nitrogens is 2. The van der Waals surface area contributed by atoms with Gasteiger partial charge in [-0.25, -0.2) is 4.98 Å². The zero-order valence-corrected chi connectivity index (χ0v) is 15.9. The summed E-state index contributed by atoms with van der Waals surface area (Å²) < 4.78 is 0. The van der Waals surface area contributed by atoms with Crippen molar-refractivity contribution >= 4 is 39.5 Å². The van der Waals surface area contributed by atoms with Gasteiger partial charge in [0.25, 0.3) is 5.91 Å². The molecule has 1 atom stereocenters. The lowest BCUT2D eigenvalue weighted by Crippen LogP contribution is -2.30. The molecule has 0 radical (unpaired) electrons. The van der Waals surface area contributed by atoms with Gasteiger partial charge in [0, 0.05) is 5.56 Å². The lowest BCUT2D eigenvalue weighted by Gasteiger charge is -2.17. The van der Waals surface area contributed by atoms with Gasteiger partial charge in [0.05, 0.1) is 17.1 Å². The van der Waals surface area contributed by atoms with E-state index < -0.39 is 0 Å². The first kappa shape index (κ1) is 17.6. The van der Waals surface area contributed by atoms with E-state index in [1.807, 2.05) is 66.7 Å². The Morgan fingerprint density at radius 3 is 2.70 bits per heavy atom. The Balaban J connectivity index is 1.65. The number of benzene rings is 3. The molecule has 1 amide bonds. The molecule has 0 spiro atoms. The first-order chi connectivity index (χ1) is 13.3. The number of nitrogens with zero attached hydrogens (tertiary/aromatic N) is 1. The monoisotopic (exact) mass is 375 g/mol. The fourth-order valence-corrected chi connectivity index (χ4v) is 3.78. The number of hydrogen-bond donors (Lipinski definition) is 2. The molecule has 0 saturated carbocycles. The van der Waals surface area contributed by atoms with Crippen LogP contribution in [0.25, 0.3) is 21.8 Å². The van der Waals surface area contributed by atoms with Gasteiger partial charge < -0.3 is 10.3 Å². The molecule has 0 aliphatic heterocycles. The molecule has 0 bridgehead atoms. The van der Waals surface area contributed by atoms with Crippen LogP contribution in [0.4, 0.5) is 0 Å². The minimum atomic E-state index is -0.156. The van der Waals surface area contributed by atoms with Gasteiger partial charge in [-0.05, 0) is 47.4 Å². The van der Waals surface area contributed by atoms with Crippen molar-refractivity contribution < 1.29 is 4.79 Å². The van der Waals surface area contributed by atoms with Crippen LogP contribution in [-0.2, 0) is 0 Å². The summed E-state index contributed by atoms with van der Waals surface area (Å²) in [5.74, 6) is 1.68. The molecule has 136 valence electrons. The molecular formula is C22H21N3OS. The maximum Gasteiger partial charge on any atom is 0.252 e. The van der Waals surface area contributed by atoms with Crippen molar-refractivity contribution in [2.75, 3.05) is 12.0 Å². The van der Waals surface area contributed by atoms with Crippen LogP contribution in [0, 0.1) is 0 Å². The Kier molecular flexibility index (Phi) is 5.12. The molecule has 0 aliphatic carbocycles. The maximum absolute atomic E-state index is 13.1. The second-order valence-corrected chi connectivity index (χ2v) is 7.46. The summed E-state index contributed by atoms with van der Waals surface area (Å²) >= 11 is 1.76. The lowest BCUT2D eigenvalue weighted by atomic mass is 10.0. The number of fused-ring (bicyclic) bond motifs is 2. The zero-order valence-electron chi connectivity index (χ0n) is 15.1. The number of carbonyl (C=O) groups is 1. The van der Waals surface area contributed by atoms with Crippen LogP contribution in [0.5, 0.6) is 0 Å². The molecular weight excluding hydrogens is 354 g/mol. The smallest absolute Gasteiger partial charge is 0.252 e. The van der Waals surface area contributed by atoms with E-state index >= 15 is 0 Å². The molecule has 1 heterocycles. The summed E-state index contributed by atoms with van der Waals surface area (Å²) in [6.07, 6.45) is 2.89. The lowest BCUT2D eigenvalue weighted by molar-refractivity contribution is 0.0936. The van der Waals surface area contributed by atoms with Crippen LogP contribution < -0.4 is 5.32 Å². The predicted molar refractivity (Wildman–Crippen MR) is 113 cm³/mol. The summed E-state index contributed by atoms with van der Waals surface area (Å²) in [5.41, 5.74) is 2.60. The van der Waals surface area contributed by atoms with E-state index in [0.717, 1.165) is 39.8 Å². The van der Waals surface area contributed by atoms with Crippen LogP contribution in [0.2, 0.25) is 0 Å². The van der Waals surface area contributed by atoms with Crippen LogP contribution in [0.3, 0.4) is 0 Å². The normalized spacial score (nSPS) is 12.3. The Morgan fingerprint density at radius 2 is 1.85 bits per heavy atom. The van der Waals surface area contributed by atoms with Crippen LogP contribution in [0.1, 0.15) is 28.6 Å². The third kappa shape index (κ3) is 3.69. The number of nitrogens with one attached hydrogen (secondary N) is 2. The Morgan fingerprint density at radius 1 is 1.07 bits per heavy atom.